The summed E-state index contributed by atoms with van der Waals surface area (Å²) in [6, 6.07) is 0.756. The molecule has 1 aliphatic rings. The number of likely N-dealkylation sites (N-methyl/N-ethyl adjacent to an activating group) is 1. The van der Waals surface area contributed by atoms with Crippen LogP contribution in [-0.2, 0) is 4.79 Å². The summed E-state index contributed by atoms with van der Waals surface area (Å²) in [4.78, 5) is 14.1. The molecular formula is C16H33N3O. The van der Waals surface area contributed by atoms with Gasteiger partial charge >= 0.3 is 0 Å². The SMILES string of the molecule is CNC(C)(CCCN(CC(C)C)C1CCCC1)C(N)=O. The van der Waals surface area contributed by atoms with Gasteiger partial charge < -0.3 is 16.0 Å². The van der Waals surface area contributed by atoms with E-state index in [2.05, 4.69) is 24.1 Å². The molecule has 0 heterocycles. The first-order valence-corrected chi connectivity index (χ1v) is 8.12. The summed E-state index contributed by atoms with van der Waals surface area (Å²) in [6.07, 6.45) is 7.24. The van der Waals surface area contributed by atoms with E-state index in [9.17, 15) is 4.79 Å². The molecule has 4 heteroatoms. The Labute approximate surface area is 124 Å². The number of hydrogen-bond acceptors (Lipinski definition) is 3. The molecule has 1 unspecified atom stereocenters. The lowest BCUT2D eigenvalue weighted by Crippen LogP contribution is -2.51. The van der Waals surface area contributed by atoms with Gasteiger partial charge in [-0.05, 0) is 52.1 Å². The van der Waals surface area contributed by atoms with Crippen LogP contribution in [0.1, 0.15) is 59.3 Å². The number of amides is 1. The minimum atomic E-state index is -0.570. The van der Waals surface area contributed by atoms with Crippen molar-refractivity contribution in [3.05, 3.63) is 0 Å². The molecule has 118 valence electrons. The molecule has 20 heavy (non-hydrogen) atoms. The van der Waals surface area contributed by atoms with Crippen LogP contribution in [0.25, 0.3) is 0 Å². The molecular weight excluding hydrogens is 250 g/mol. The minimum Gasteiger partial charge on any atom is -0.368 e. The van der Waals surface area contributed by atoms with Crippen molar-refractivity contribution in [3.8, 4) is 0 Å². The van der Waals surface area contributed by atoms with Crippen LogP contribution >= 0.6 is 0 Å². The lowest BCUT2D eigenvalue weighted by Gasteiger charge is -2.32. The number of hydrogen-bond donors (Lipinski definition) is 2. The maximum absolute atomic E-state index is 11.5. The molecule has 1 amide bonds. The fraction of sp³-hybridized carbons (Fsp3) is 0.938. The molecule has 1 rings (SSSR count). The van der Waals surface area contributed by atoms with Crippen LogP contribution in [0.4, 0.5) is 0 Å². The summed E-state index contributed by atoms with van der Waals surface area (Å²) >= 11 is 0. The third kappa shape index (κ3) is 5.06. The Morgan fingerprint density at radius 1 is 1.40 bits per heavy atom. The fourth-order valence-electron chi connectivity index (χ4n) is 3.17. The number of rotatable bonds is 9. The number of primary amides is 1. The van der Waals surface area contributed by atoms with Crippen LogP contribution in [0.3, 0.4) is 0 Å². The van der Waals surface area contributed by atoms with Gasteiger partial charge in [-0.1, -0.05) is 26.7 Å². The lowest BCUT2D eigenvalue weighted by atomic mass is 9.95. The van der Waals surface area contributed by atoms with Crippen molar-refractivity contribution >= 4 is 5.91 Å². The van der Waals surface area contributed by atoms with Gasteiger partial charge in [0, 0.05) is 12.6 Å². The van der Waals surface area contributed by atoms with Gasteiger partial charge in [-0.3, -0.25) is 4.79 Å². The highest BCUT2D eigenvalue weighted by Crippen LogP contribution is 2.25. The second-order valence-electron chi connectivity index (χ2n) is 6.88. The molecule has 3 N–H and O–H groups in total. The van der Waals surface area contributed by atoms with Crippen LogP contribution in [0.2, 0.25) is 0 Å². The summed E-state index contributed by atoms with van der Waals surface area (Å²) in [6.45, 7) is 8.70. The molecule has 0 aromatic heterocycles. The normalized spacial score (nSPS) is 19.7. The van der Waals surface area contributed by atoms with Crippen molar-refractivity contribution in [2.75, 3.05) is 20.1 Å². The molecule has 0 aliphatic heterocycles. The molecule has 1 fully saturated rings. The first-order valence-electron chi connectivity index (χ1n) is 8.12. The smallest absolute Gasteiger partial charge is 0.237 e. The van der Waals surface area contributed by atoms with Crippen LogP contribution in [0.15, 0.2) is 0 Å². The Morgan fingerprint density at radius 2 is 2.00 bits per heavy atom. The zero-order valence-electron chi connectivity index (χ0n) is 13.7. The van der Waals surface area contributed by atoms with Gasteiger partial charge in [0.15, 0.2) is 0 Å². The van der Waals surface area contributed by atoms with E-state index in [1.165, 1.54) is 25.7 Å². The second-order valence-corrected chi connectivity index (χ2v) is 6.88. The van der Waals surface area contributed by atoms with E-state index in [0.717, 1.165) is 32.0 Å². The maximum Gasteiger partial charge on any atom is 0.237 e. The Morgan fingerprint density at radius 3 is 2.45 bits per heavy atom. The van der Waals surface area contributed by atoms with Gasteiger partial charge in [-0.25, -0.2) is 0 Å². The number of nitrogens with two attached hydrogens (primary N) is 1. The first kappa shape index (κ1) is 17.4. The highest BCUT2D eigenvalue weighted by Gasteiger charge is 2.29. The lowest BCUT2D eigenvalue weighted by molar-refractivity contribution is -0.123. The van der Waals surface area contributed by atoms with Crippen LogP contribution in [-0.4, -0.2) is 42.5 Å². The highest BCUT2D eigenvalue weighted by molar-refractivity contribution is 5.84. The zero-order valence-corrected chi connectivity index (χ0v) is 13.7. The largest absolute Gasteiger partial charge is 0.368 e. The maximum atomic E-state index is 11.5. The zero-order chi connectivity index (χ0) is 15.2. The van der Waals surface area contributed by atoms with E-state index < -0.39 is 5.54 Å². The van der Waals surface area contributed by atoms with Gasteiger partial charge in [0.1, 0.15) is 0 Å². The van der Waals surface area contributed by atoms with E-state index in [0.29, 0.717) is 5.92 Å². The molecule has 1 atom stereocenters. The monoisotopic (exact) mass is 283 g/mol. The van der Waals surface area contributed by atoms with Gasteiger partial charge in [-0.15, -0.1) is 0 Å². The molecule has 0 radical (unpaired) electrons. The number of carbonyl (C=O) groups excluding carboxylic acids is 1. The summed E-state index contributed by atoms with van der Waals surface area (Å²) < 4.78 is 0. The summed E-state index contributed by atoms with van der Waals surface area (Å²) in [5, 5.41) is 3.07. The van der Waals surface area contributed by atoms with E-state index in [1.807, 2.05) is 14.0 Å². The summed E-state index contributed by atoms with van der Waals surface area (Å²) in [7, 11) is 1.81. The summed E-state index contributed by atoms with van der Waals surface area (Å²) in [5.74, 6) is 0.443. The van der Waals surface area contributed by atoms with Crippen molar-refractivity contribution in [3.63, 3.8) is 0 Å². The van der Waals surface area contributed by atoms with Crippen molar-refractivity contribution < 1.29 is 4.79 Å². The predicted octanol–water partition coefficient (Wildman–Crippen LogP) is 2.13. The Hall–Kier alpha value is -0.610. The van der Waals surface area contributed by atoms with Crippen LogP contribution in [0.5, 0.6) is 0 Å². The molecule has 0 spiro atoms. The fourth-order valence-corrected chi connectivity index (χ4v) is 3.17. The molecule has 4 nitrogen and oxygen atoms in total. The number of nitrogens with zero attached hydrogens (tertiary/aromatic N) is 1. The van der Waals surface area contributed by atoms with Gasteiger partial charge in [0.2, 0.25) is 5.91 Å². The van der Waals surface area contributed by atoms with Crippen LogP contribution in [0, 0.1) is 5.92 Å². The van der Waals surface area contributed by atoms with Crippen molar-refractivity contribution in [2.24, 2.45) is 11.7 Å². The van der Waals surface area contributed by atoms with E-state index in [4.69, 9.17) is 5.73 Å². The Kier molecular flexibility index (Phi) is 6.96. The number of carbonyl (C=O) groups is 1. The molecule has 1 saturated carbocycles. The molecule has 1 aliphatic carbocycles. The molecule has 0 aromatic rings. The quantitative estimate of drug-likeness (QED) is 0.681. The predicted molar refractivity (Wildman–Crippen MR) is 84.6 cm³/mol. The minimum absolute atomic E-state index is 0.253. The highest BCUT2D eigenvalue weighted by atomic mass is 16.1. The van der Waals surface area contributed by atoms with Gasteiger partial charge in [-0.2, -0.15) is 0 Å². The Balaban J connectivity index is 2.47. The first-order chi connectivity index (χ1) is 9.39. The van der Waals surface area contributed by atoms with Crippen molar-refractivity contribution in [1.29, 1.82) is 0 Å². The number of nitrogens with one attached hydrogen (secondary N) is 1. The average Bonchev–Trinajstić information content (AvgIpc) is 2.90. The van der Waals surface area contributed by atoms with Crippen LogP contribution < -0.4 is 11.1 Å². The standard InChI is InChI=1S/C16H33N3O/c1-13(2)12-19(14-8-5-6-9-14)11-7-10-16(3,18-4)15(17)20/h13-14,18H,5-12H2,1-4H3,(H2,17,20). The van der Waals surface area contributed by atoms with Crippen molar-refractivity contribution in [1.82, 2.24) is 10.2 Å². The van der Waals surface area contributed by atoms with E-state index in [-0.39, 0.29) is 5.91 Å². The molecule has 0 bridgehead atoms. The third-order valence-electron chi connectivity index (χ3n) is 4.66. The second kappa shape index (κ2) is 7.99. The molecule has 0 aromatic carbocycles. The third-order valence-corrected chi connectivity index (χ3v) is 4.66. The van der Waals surface area contributed by atoms with Gasteiger partial charge in [0.25, 0.3) is 0 Å². The van der Waals surface area contributed by atoms with E-state index >= 15 is 0 Å². The van der Waals surface area contributed by atoms with Gasteiger partial charge in [0.05, 0.1) is 5.54 Å². The van der Waals surface area contributed by atoms with Crippen molar-refractivity contribution in [2.45, 2.75) is 70.9 Å². The average molecular weight is 283 g/mol. The topological polar surface area (TPSA) is 58.4 Å². The van der Waals surface area contributed by atoms with E-state index in [1.54, 1.807) is 0 Å². The Bertz CT molecular complexity index is 300. The molecule has 0 saturated heterocycles. The summed E-state index contributed by atoms with van der Waals surface area (Å²) in [5.41, 5.74) is 4.92.